The fraction of sp³-hybridized carbons (Fsp3) is 0.200. The summed E-state index contributed by atoms with van der Waals surface area (Å²) in [6.45, 7) is 3.96. The number of phenols is 3. The minimum Gasteiger partial charge on any atom is -0.508 e. The van der Waals surface area contributed by atoms with E-state index in [1.807, 2.05) is 19.9 Å². The molecule has 0 saturated heterocycles. The van der Waals surface area contributed by atoms with Crippen molar-refractivity contribution in [2.75, 3.05) is 0 Å². The first-order valence-corrected chi connectivity index (χ1v) is 7.94. The quantitative estimate of drug-likeness (QED) is 0.504. The van der Waals surface area contributed by atoms with Crippen molar-refractivity contribution in [1.82, 2.24) is 0 Å². The van der Waals surface area contributed by atoms with Crippen molar-refractivity contribution in [1.29, 1.82) is 0 Å². The molecule has 1 atom stereocenters. The monoisotopic (exact) mass is 340 g/mol. The first-order valence-electron chi connectivity index (χ1n) is 7.94. The number of hydrogen-bond acceptors (Lipinski definition) is 5. The number of allylic oxidation sites excluding steroid dienone is 2. The fourth-order valence-corrected chi connectivity index (χ4v) is 2.65. The van der Waals surface area contributed by atoms with Crippen LogP contribution in [0.25, 0.3) is 6.08 Å². The van der Waals surface area contributed by atoms with Gasteiger partial charge >= 0.3 is 0 Å². The molecule has 5 nitrogen and oxygen atoms in total. The van der Waals surface area contributed by atoms with E-state index >= 15 is 0 Å². The Bertz CT molecular complexity index is 876. The topological polar surface area (TPSA) is 90.2 Å². The summed E-state index contributed by atoms with van der Waals surface area (Å²) < 4.78 is 5.65. The first-order chi connectivity index (χ1) is 11.8. The molecule has 0 bridgehead atoms. The van der Waals surface area contributed by atoms with Gasteiger partial charge in [-0.1, -0.05) is 17.7 Å². The third kappa shape index (κ3) is 3.46. The number of rotatable bonds is 3. The molecule has 0 spiro atoms. The fourth-order valence-electron chi connectivity index (χ4n) is 2.65. The van der Waals surface area contributed by atoms with Gasteiger partial charge in [-0.25, -0.2) is 0 Å². The second-order valence-corrected chi connectivity index (χ2v) is 6.30. The van der Waals surface area contributed by atoms with E-state index in [2.05, 4.69) is 0 Å². The number of ether oxygens (including phenoxy) is 1. The second-order valence-electron chi connectivity index (χ2n) is 6.30. The lowest BCUT2D eigenvalue weighted by Gasteiger charge is -2.06. The van der Waals surface area contributed by atoms with Gasteiger partial charge in [0.2, 0.25) is 0 Å². The van der Waals surface area contributed by atoms with Crippen LogP contribution in [-0.2, 0) is 6.42 Å². The Morgan fingerprint density at radius 3 is 2.48 bits per heavy atom. The Kier molecular flexibility index (Phi) is 4.42. The Morgan fingerprint density at radius 1 is 1.04 bits per heavy atom. The van der Waals surface area contributed by atoms with E-state index in [0.29, 0.717) is 34.6 Å². The molecule has 1 aliphatic heterocycles. The molecule has 0 fully saturated rings. The first kappa shape index (κ1) is 16.9. The Balaban J connectivity index is 1.92. The Morgan fingerprint density at radius 2 is 1.80 bits per heavy atom. The lowest BCUT2D eigenvalue weighted by atomic mass is 10.0. The average molecular weight is 340 g/mol. The molecule has 0 radical (unpaired) electrons. The Hall–Kier alpha value is -2.92. The molecule has 0 aliphatic carbocycles. The summed E-state index contributed by atoms with van der Waals surface area (Å²) >= 11 is 0. The molecule has 3 rings (SSSR count). The van der Waals surface area contributed by atoms with Gasteiger partial charge in [0.25, 0.3) is 0 Å². The van der Waals surface area contributed by atoms with Crippen LogP contribution in [0.2, 0.25) is 0 Å². The molecule has 0 aromatic heterocycles. The maximum Gasteiger partial charge on any atom is 0.157 e. The molecule has 0 amide bonds. The standard InChI is InChI=1S/C20H20O5/c1-11(2)3-5-13-9-14-18(10-16(13)22)25-19(20(14)24)8-12-4-6-15(21)17(23)7-12/h3-4,6-10,20-24H,5H2,1-2H3/b19-8+. The molecular formula is C20H20O5. The van der Waals surface area contributed by atoms with Crippen LogP contribution in [0.15, 0.2) is 47.7 Å². The van der Waals surface area contributed by atoms with Crippen molar-refractivity contribution in [2.45, 2.75) is 26.4 Å². The lowest BCUT2D eigenvalue weighted by Crippen LogP contribution is -1.97. The van der Waals surface area contributed by atoms with Gasteiger partial charge in [-0.15, -0.1) is 0 Å². The van der Waals surface area contributed by atoms with Gasteiger partial charge < -0.3 is 25.2 Å². The zero-order valence-electron chi connectivity index (χ0n) is 14.0. The van der Waals surface area contributed by atoms with Gasteiger partial charge in [-0.2, -0.15) is 0 Å². The highest BCUT2D eigenvalue weighted by atomic mass is 16.5. The van der Waals surface area contributed by atoms with Crippen molar-refractivity contribution in [3.63, 3.8) is 0 Å². The molecule has 1 unspecified atom stereocenters. The number of fused-ring (bicyclic) bond motifs is 1. The van der Waals surface area contributed by atoms with Crippen LogP contribution in [0.3, 0.4) is 0 Å². The van der Waals surface area contributed by atoms with Crippen molar-refractivity contribution in [3.8, 4) is 23.0 Å². The van der Waals surface area contributed by atoms with Crippen molar-refractivity contribution in [3.05, 3.63) is 64.4 Å². The van der Waals surface area contributed by atoms with Crippen LogP contribution in [0, 0.1) is 0 Å². The maximum atomic E-state index is 10.5. The Labute approximate surface area is 145 Å². The highest BCUT2D eigenvalue weighted by Crippen LogP contribution is 2.43. The maximum absolute atomic E-state index is 10.5. The average Bonchev–Trinajstić information content (AvgIpc) is 2.84. The van der Waals surface area contributed by atoms with Crippen molar-refractivity contribution < 1.29 is 25.2 Å². The summed E-state index contributed by atoms with van der Waals surface area (Å²) in [4.78, 5) is 0. The molecule has 4 N–H and O–H groups in total. The zero-order chi connectivity index (χ0) is 18.1. The molecule has 1 aliphatic rings. The van der Waals surface area contributed by atoms with Crippen LogP contribution >= 0.6 is 0 Å². The summed E-state index contributed by atoms with van der Waals surface area (Å²) in [6, 6.07) is 7.57. The van der Waals surface area contributed by atoms with Crippen molar-refractivity contribution >= 4 is 6.08 Å². The van der Waals surface area contributed by atoms with E-state index in [4.69, 9.17) is 4.74 Å². The zero-order valence-corrected chi connectivity index (χ0v) is 14.0. The molecule has 2 aromatic rings. The molecule has 5 heteroatoms. The van der Waals surface area contributed by atoms with Crippen LogP contribution in [0.5, 0.6) is 23.0 Å². The normalized spacial score (nSPS) is 17.2. The molecule has 1 heterocycles. The largest absolute Gasteiger partial charge is 0.508 e. The molecule has 130 valence electrons. The van der Waals surface area contributed by atoms with E-state index in [9.17, 15) is 20.4 Å². The number of aliphatic hydroxyl groups is 1. The van der Waals surface area contributed by atoms with Crippen LogP contribution in [0.4, 0.5) is 0 Å². The number of benzene rings is 2. The second kappa shape index (κ2) is 6.53. The lowest BCUT2D eigenvalue weighted by molar-refractivity contribution is 0.193. The summed E-state index contributed by atoms with van der Waals surface area (Å²) in [5.74, 6) is 0.346. The highest BCUT2D eigenvalue weighted by Gasteiger charge is 2.29. The van der Waals surface area contributed by atoms with Crippen LogP contribution < -0.4 is 4.74 Å². The van der Waals surface area contributed by atoms with Gasteiger partial charge in [0.1, 0.15) is 23.4 Å². The number of phenolic OH excluding ortho intramolecular Hbond substituents is 3. The van der Waals surface area contributed by atoms with E-state index in [1.54, 1.807) is 18.2 Å². The van der Waals surface area contributed by atoms with Crippen LogP contribution in [0.1, 0.15) is 36.6 Å². The van der Waals surface area contributed by atoms with Gasteiger partial charge in [0.15, 0.2) is 11.5 Å². The predicted molar refractivity (Wildman–Crippen MR) is 94.6 cm³/mol. The minimum atomic E-state index is -0.961. The summed E-state index contributed by atoms with van der Waals surface area (Å²) in [7, 11) is 0. The van der Waals surface area contributed by atoms with E-state index in [1.165, 1.54) is 18.2 Å². The molecular weight excluding hydrogens is 320 g/mol. The van der Waals surface area contributed by atoms with Gasteiger partial charge in [0, 0.05) is 11.6 Å². The number of aromatic hydroxyl groups is 3. The van der Waals surface area contributed by atoms with Crippen molar-refractivity contribution in [2.24, 2.45) is 0 Å². The van der Waals surface area contributed by atoms with E-state index < -0.39 is 6.10 Å². The minimum absolute atomic E-state index is 0.118. The van der Waals surface area contributed by atoms with E-state index in [0.717, 1.165) is 5.57 Å². The summed E-state index contributed by atoms with van der Waals surface area (Å²) in [5.41, 5.74) is 3.02. The smallest absolute Gasteiger partial charge is 0.157 e. The third-order valence-corrected chi connectivity index (χ3v) is 4.04. The number of aliphatic hydroxyl groups excluding tert-OH is 1. The molecule has 2 aromatic carbocycles. The van der Waals surface area contributed by atoms with Gasteiger partial charge in [0.05, 0.1) is 0 Å². The highest BCUT2D eigenvalue weighted by molar-refractivity contribution is 5.62. The van der Waals surface area contributed by atoms with E-state index in [-0.39, 0.29) is 17.2 Å². The summed E-state index contributed by atoms with van der Waals surface area (Å²) in [5, 5.41) is 39.6. The number of hydrogen-bond donors (Lipinski definition) is 4. The van der Waals surface area contributed by atoms with Crippen LogP contribution in [-0.4, -0.2) is 20.4 Å². The SMILES string of the molecule is CC(C)=CCc1cc2c(cc1O)O/C(=C/c1ccc(O)c(O)c1)C2O. The third-order valence-electron chi connectivity index (χ3n) is 4.04. The van der Waals surface area contributed by atoms with Gasteiger partial charge in [-0.05, 0) is 55.7 Å². The molecule has 25 heavy (non-hydrogen) atoms. The summed E-state index contributed by atoms with van der Waals surface area (Å²) in [6.07, 6.45) is 3.19. The van der Waals surface area contributed by atoms with Gasteiger partial charge in [-0.3, -0.25) is 0 Å². The molecule has 0 saturated carbocycles. The predicted octanol–water partition coefficient (Wildman–Crippen LogP) is 3.78.